The number of carbonyl (C=O) groups is 1. The van der Waals surface area contributed by atoms with Gasteiger partial charge in [0.25, 0.3) is 5.91 Å². The molecule has 0 aliphatic carbocycles. The van der Waals surface area contributed by atoms with Gasteiger partial charge in [-0.2, -0.15) is 0 Å². The highest BCUT2D eigenvalue weighted by molar-refractivity contribution is 7.07. The monoisotopic (exact) mass is 276 g/mol. The SMILES string of the molecule is Cc1cc(C(=O)NCCc2cscn2)ccc1NN. The summed E-state index contributed by atoms with van der Waals surface area (Å²) in [6.45, 7) is 2.49. The lowest BCUT2D eigenvalue weighted by atomic mass is 10.1. The Kier molecular flexibility index (Phi) is 4.48. The van der Waals surface area contributed by atoms with E-state index in [1.54, 1.807) is 29.0 Å². The molecule has 0 aliphatic heterocycles. The molecule has 0 saturated carbocycles. The lowest BCUT2D eigenvalue weighted by Crippen LogP contribution is -2.25. The van der Waals surface area contributed by atoms with Gasteiger partial charge in [-0.15, -0.1) is 11.3 Å². The standard InChI is InChI=1S/C13H16N4OS/c1-9-6-10(2-3-12(9)17-14)13(18)15-5-4-11-7-19-8-16-11/h2-3,6-8,17H,4-5,14H2,1H3,(H,15,18). The summed E-state index contributed by atoms with van der Waals surface area (Å²) >= 11 is 1.56. The third-order valence-corrected chi connectivity index (χ3v) is 3.43. The molecule has 100 valence electrons. The number of benzene rings is 1. The van der Waals surface area contributed by atoms with Crippen LogP contribution >= 0.6 is 11.3 Å². The average Bonchev–Trinajstić information content (AvgIpc) is 2.91. The van der Waals surface area contributed by atoms with E-state index >= 15 is 0 Å². The maximum Gasteiger partial charge on any atom is 0.251 e. The molecule has 0 bridgehead atoms. The number of rotatable bonds is 5. The van der Waals surface area contributed by atoms with Crippen LogP contribution in [0, 0.1) is 6.92 Å². The van der Waals surface area contributed by atoms with Gasteiger partial charge in [0.15, 0.2) is 0 Å². The zero-order valence-corrected chi connectivity index (χ0v) is 11.5. The van der Waals surface area contributed by atoms with E-state index in [1.807, 2.05) is 18.4 Å². The zero-order chi connectivity index (χ0) is 13.7. The van der Waals surface area contributed by atoms with E-state index in [2.05, 4.69) is 15.7 Å². The van der Waals surface area contributed by atoms with E-state index in [-0.39, 0.29) is 5.91 Å². The van der Waals surface area contributed by atoms with E-state index in [4.69, 9.17) is 5.84 Å². The minimum atomic E-state index is -0.0816. The molecule has 1 amide bonds. The predicted octanol–water partition coefficient (Wildman–Crippen LogP) is 1.71. The first-order valence-corrected chi connectivity index (χ1v) is 6.87. The second kappa shape index (κ2) is 6.31. The van der Waals surface area contributed by atoms with Gasteiger partial charge >= 0.3 is 0 Å². The van der Waals surface area contributed by atoms with Crippen LogP contribution in [0.5, 0.6) is 0 Å². The number of carbonyl (C=O) groups excluding carboxylic acids is 1. The second-order valence-electron chi connectivity index (χ2n) is 4.16. The summed E-state index contributed by atoms with van der Waals surface area (Å²) in [6.07, 6.45) is 0.747. The highest BCUT2D eigenvalue weighted by atomic mass is 32.1. The Morgan fingerprint density at radius 2 is 2.32 bits per heavy atom. The number of nitrogen functional groups attached to an aromatic ring is 1. The Balaban J connectivity index is 1.91. The van der Waals surface area contributed by atoms with Gasteiger partial charge in [0.1, 0.15) is 0 Å². The van der Waals surface area contributed by atoms with Crippen LogP contribution in [0.3, 0.4) is 0 Å². The fraction of sp³-hybridized carbons (Fsp3) is 0.231. The van der Waals surface area contributed by atoms with E-state index in [9.17, 15) is 4.79 Å². The Labute approximate surface area is 115 Å². The lowest BCUT2D eigenvalue weighted by Gasteiger charge is -2.08. The lowest BCUT2D eigenvalue weighted by molar-refractivity contribution is 0.0954. The molecule has 6 heteroatoms. The van der Waals surface area contributed by atoms with Crippen molar-refractivity contribution >= 4 is 22.9 Å². The normalized spacial score (nSPS) is 10.2. The van der Waals surface area contributed by atoms with Crippen molar-refractivity contribution in [2.45, 2.75) is 13.3 Å². The van der Waals surface area contributed by atoms with Gasteiger partial charge in [0.05, 0.1) is 16.9 Å². The Morgan fingerprint density at radius 3 is 2.95 bits per heavy atom. The molecule has 0 saturated heterocycles. The quantitative estimate of drug-likeness (QED) is 0.573. The molecule has 0 fully saturated rings. The van der Waals surface area contributed by atoms with Gasteiger partial charge in [-0.3, -0.25) is 10.6 Å². The van der Waals surface area contributed by atoms with Crippen LogP contribution in [-0.2, 0) is 6.42 Å². The Hall–Kier alpha value is -1.92. The van der Waals surface area contributed by atoms with Crippen molar-refractivity contribution in [3.8, 4) is 0 Å². The van der Waals surface area contributed by atoms with Crippen LogP contribution in [0.15, 0.2) is 29.1 Å². The molecule has 1 aromatic carbocycles. The topological polar surface area (TPSA) is 80.0 Å². The molecule has 1 heterocycles. The van der Waals surface area contributed by atoms with Crippen molar-refractivity contribution in [1.82, 2.24) is 10.3 Å². The average molecular weight is 276 g/mol. The highest BCUT2D eigenvalue weighted by Gasteiger charge is 2.07. The summed E-state index contributed by atoms with van der Waals surface area (Å²) in [4.78, 5) is 16.1. The maximum atomic E-state index is 11.9. The molecule has 0 atom stereocenters. The van der Waals surface area contributed by atoms with Gasteiger partial charge < -0.3 is 10.7 Å². The number of hydrazine groups is 1. The number of hydrogen-bond donors (Lipinski definition) is 3. The predicted molar refractivity (Wildman–Crippen MR) is 77.1 cm³/mol. The third-order valence-electron chi connectivity index (χ3n) is 2.79. The first kappa shape index (κ1) is 13.5. The van der Waals surface area contributed by atoms with Crippen molar-refractivity contribution in [2.24, 2.45) is 5.84 Å². The molecular formula is C13H16N4OS. The summed E-state index contributed by atoms with van der Waals surface area (Å²) in [5, 5.41) is 4.86. The number of hydrogen-bond acceptors (Lipinski definition) is 5. The molecule has 0 radical (unpaired) electrons. The van der Waals surface area contributed by atoms with Crippen molar-refractivity contribution in [3.63, 3.8) is 0 Å². The number of aromatic nitrogens is 1. The van der Waals surface area contributed by atoms with E-state index in [0.29, 0.717) is 12.1 Å². The van der Waals surface area contributed by atoms with Crippen molar-refractivity contribution < 1.29 is 4.79 Å². The second-order valence-corrected chi connectivity index (χ2v) is 4.88. The van der Waals surface area contributed by atoms with Crippen LogP contribution in [0.1, 0.15) is 21.6 Å². The summed E-state index contributed by atoms with van der Waals surface area (Å²) in [6, 6.07) is 5.36. The first-order valence-electron chi connectivity index (χ1n) is 5.93. The van der Waals surface area contributed by atoms with E-state index in [1.165, 1.54) is 0 Å². The zero-order valence-electron chi connectivity index (χ0n) is 10.6. The smallest absolute Gasteiger partial charge is 0.251 e. The number of amides is 1. The van der Waals surface area contributed by atoms with Gasteiger partial charge in [-0.1, -0.05) is 0 Å². The van der Waals surface area contributed by atoms with Crippen molar-refractivity contribution in [1.29, 1.82) is 0 Å². The maximum absolute atomic E-state index is 11.9. The largest absolute Gasteiger partial charge is 0.352 e. The van der Waals surface area contributed by atoms with Crippen LogP contribution in [0.25, 0.3) is 0 Å². The van der Waals surface area contributed by atoms with Crippen molar-refractivity contribution in [2.75, 3.05) is 12.0 Å². The minimum absolute atomic E-state index is 0.0816. The number of thiazole rings is 1. The van der Waals surface area contributed by atoms with Crippen LogP contribution in [0.4, 0.5) is 5.69 Å². The fourth-order valence-corrected chi connectivity index (χ4v) is 2.33. The number of nitrogens with one attached hydrogen (secondary N) is 2. The van der Waals surface area contributed by atoms with Crippen molar-refractivity contribution in [3.05, 3.63) is 45.9 Å². The summed E-state index contributed by atoms with van der Waals surface area (Å²) in [7, 11) is 0. The molecule has 5 nitrogen and oxygen atoms in total. The molecule has 0 aliphatic rings. The van der Waals surface area contributed by atoms with E-state index < -0.39 is 0 Å². The molecule has 2 rings (SSSR count). The molecule has 2 aromatic rings. The van der Waals surface area contributed by atoms with Gasteiger partial charge in [0, 0.05) is 23.9 Å². The van der Waals surface area contributed by atoms with Gasteiger partial charge in [-0.05, 0) is 30.7 Å². The third kappa shape index (κ3) is 3.52. The molecule has 4 N–H and O–H groups in total. The number of nitrogens with two attached hydrogens (primary N) is 1. The van der Waals surface area contributed by atoms with Crippen LogP contribution in [-0.4, -0.2) is 17.4 Å². The Morgan fingerprint density at radius 1 is 1.47 bits per heavy atom. The van der Waals surface area contributed by atoms with E-state index in [0.717, 1.165) is 23.4 Å². The molecular weight excluding hydrogens is 260 g/mol. The summed E-state index contributed by atoms with van der Waals surface area (Å²) in [5.74, 6) is 5.27. The Bertz CT molecular complexity index is 554. The number of nitrogens with zero attached hydrogens (tertiary/aromatic N) is 1. The van der Waals surface area contributed by atoms with Gasteiger partial charge in [-0.25, -0.2) is 4.98 Å². The molecule has 1 aromatic heterocycles. The number of anilines is 1. The fourth-order valence-electron chi connectivity index (χ4n) is 1.73. The highest BCUT2D eigenvalue weighted by Crippen LogP contribution is 2.15. The van der Waals surface area contributed by atoms with Crippen LogP contribution in [0.2, 0.25) is 0 Å². The molecule has 19 heavy (non-hydrogen) atoms. The summed E-state index contributed by atoms with van der Waals surface area (Å²) in [5.41, 5.74) is 7.77. The molecule has 0 spiro atoms. The first-order chi connectivity index (χ1) is 9.20. The number of aryl methyl sites for hydroxylation is 1. The minimum Gasteiger partial charge on any atom is -0.352 e. The van der Waals surface area contributed by atoms with Gasteiger partial charge in [0.2, 0.25) is 0 Å². The molecule has 0 unspecified atom stereocenters. The van der Waals surface area contributed by atoms with Crippen LogP contribution < -0.4 is 16.6 Å². The summed E-state index contributed by atoms with van der Waals surface area (Å²) < 4.78 is 0.